The molecular weight excluding hydrogens is 324 g/mol. The molecule has 0 aliphatic carbocycles. The van der Waals surface area contributed by atoms with E-state index in [-0.39, 0.29) is 0 Å². The molecule has 0 unspecified atom stereocenters. The summed E-state index contributed by atoms with van der Waals surface area (Å²) in [7, 11) is 0. The predicted molar refractivity (Wildman–Crippen MR) is 97.1 cm³/mol. The van der Waals surface area contributed by atoms with Crippen LogP contribution >= 0.6 is 22.7 Å². The first-order valence-corrected chi connectivity index (χ1v) is 10.2. The second kappa shape index (κ2) is 7.03. The van der Waals surface area contributed by atoms with E-state index in [0.717, 1.165) is 32.8 Å². The van der Waals surface area contributed by atoms with Crippen molar-refractivity contribution in [3.05, 3.63) is 44.8 Å². The molecule has 5 heteroatoms. The zero-order valence-corrected chi connectivity index (χ0v) is 15.1. The lowest BCUT2D eigenvalue weighted by molar-refractivity contribution is 0.0707. The highest BCUT2D eigenvalue weighted by molar-refractivity contribution is 7.09. The summed E-state index contributed by atoms with van der Waals surface area (Å²) in [5.74, 6) is 0. The van der Waals surface area contributed by atoms with Crippen molar-refractivity contribution in [2.75, 3.05) is 39.4 Å². The van der Waals surface area contributed by atoms with Crippen LogP contribution in [0.25, 0.3) is 0 Å². The summed E-state index contributed by atoms with van der Waals surface area (Å²) in [6, 6.07) is 6.66. The van der Waals surface area contributed by atoms with Gasteiger partial charge in [-0.25, -0.2) is 0 Å². The molecule has 1 spiro atoms. The Morgan fingerprint density at radius 1 is 1.09 bits per heavy atom. The van der Waals surface area contributed by atoms with Crippen LogP contribution in [0.2, 0.25) is 0 Å². The molecule has 1 atom stereocenters. The molecule has 23 heavy (non-hydrogen) atoms. The van der Waals surface area contributed by atoms with Crippen LogP contribution in [-0.4, -0.2) is 49.2 Å². The zero-order chi connectivity index (χ0) is 15.5. The lowest BCUT2D eigenvalue weighted by Crippen LogP contribution is -2.40. The van der Waals surface area contributed by atoms with Gasteiger partial charge in [0.1, 0.15) is 0 Å². The lowest BCUT2D eigenvalue weighted by Gasteiger charge is -2.31. The average Bonchev–Trinajstić information content (AvgIpc) is 3.25. The Labute approximate surface area is 146 Å². The van der Waals surface area contributed by atoms with E-state index in [1.54, 1.807) is 11.3 Å². The van der Waals surface area contributed by atoms with Gasteiger partial charge in [-0.15, -0.1) is 11.3 Å². The van der Waals surface area contributed by atoms with Gasteiger partial charge in [-0.1, -0.05) is 6.07 Å². The molecule has 124 valence electrons. The maximum atomic E-state index is 6.00. The van der Waals surface area contributed by atoms with Gasteiger partial charge in [0, 0.05) is 43.0 Å². The molecule has 2 aliphatic heterocycles. The second-order valence-electron chi connectivity index (χ2n) is 6.93. The number of hydrogen-bond acceptors (Lipinski definition) is 5. The van der Waals surface area contributed by atoms with E-state index in [4.69, 9.17) is 4.74 Å². The molecule has 3 nitrogen and oxygen atoms in total. The minimum Gasteiger partial charge on any atom is -0.379 e. The van der Waals surface area contributed by atoms with Gasteiger partial charge in [-0.3, -0.25) is 9.80 Å². The van der Waals surface area contributed by atoms with Crippen molar-refractivity contribution in [3.8, 4) is 0 Å². The van der Waals surface area contributed by atoms with Gasteiger partial charge in [0.2, 0.25) is 0 Å². The van der Waals surface area contributed by atoms with Crippen LogP contribution < -0.4 is 0 Å². The minimum absolute atomic E-state index is 0.323. The van der Waals surface area contributed by atoms with Crippen molar-refractivity contribution >= 4 is 22.7 Å². The first kappa shape index (κ1) is 15.8. The first-order chi connectivity index (χ1) is 11.3. The molecule has 2 aromatic rings. The highest BCUT2D eigenvalue weighted by Crippen LogP contribution is 2.35. The molecule has 2 fully saturated rings. The monoisotopic (exact) mass is 348 g/mol. The van der Waals surface area contributed by atoms with Gasteiger partial charge >= 0.3 is 0 Å². The highest BCUT2D eigenvalue weighted by atomic mass is 32.1. The van der Waals surface area contributed by atoms with Crippen LogP contribution in [0.4, 0.5) is 0 Å². The van der Waals surface area contributed by atoms with Crippen LogP contribution in [0.3, 0.4) is 0 Å². The van der Waals surface area contributed by atoms with Crippen molar-refractivity contribution < 1.29 is 4.74 Å². The van der Waals surface area contributed by atoms with E-state index in [0.29, 0.717) is 5.41 Å². The van der Waals surface area contributed by atoms with Gasteiger partial charge in [0.05, 0.1) is 13.2 Å². The van der Waals surface area contributed by atoms with E-state index in [1.807, 2.05) is 11.3 Å². The quantitative estimate of drug-likeness (QED) is 0.841. The third-order valence-electron chi connectivity index (χ3n) is 4.98. The van der Waals surface area contributed by atoms with Crippen molar-refractivity contribution in [1.82, 2.24) is 9.80 Å². The summed E-state index contributed by atoms with van der Waals surface area (Å²) in [6.07, 6.45) is 1.26. The predicted octanol–water partition coefficient (Wildman–Crippen LogP) is 3.53. The number of rotatable bonds is 4. The van der Waals surface area contributed by atoms with E-state index < -0.39 is 0 Å². The van der Waals surface area contributed by atoms with Crippen LogP contribution in [0.1, 0.15) is 16.9 Å². The SMILES string of the molecule is c1csc(CN2CC[C@]3(COCCN(Cc4ccsc4)C3)C2)c1. The second-order valence-corrected chi connectivity index (χ2v) is 8.75. The van der Waals surface area contributed by atoms with Gasteiger partial charge in [-0.2, -0.15) is 11.3 Å². The highest BCUT2D eigenvalue weighted by Gasteiger charge is 2.41. The number of nitrogens with zero attached hydrogens (tertiary/aromatic N) is 2. The number of likely N-dealkylation sites (tertiary alicyclic amines) is 1. The molecule has 2 saturated heterocycles. The zero-order valence-electron chi connectivity index (χ0n) is 13.4. The minimum atomic E-state index is 0.323. The molecule has 2 aromatic heterocycles. The normalized spacial score (nSPS) is 26.8. The van der Waals surface area contributed by atoms with Gasteiger partial charge < -0.3 is 4.74 Å². The van der Waals surface area contributed by atoms with Crippen molar-refractivity contribution in [1.29, 1.82) is 0 Å². The molecule has 0 N–H and O–H groups in total. The standard InChI is InChI=1S/C18H24N2OS2/c1-2-17(23-8-1)11-19-5-4-18(13-19)14-20(6-7-21-15-18)10-16-3-9-22-12-16/h1-3,8-9,12H,4-7,10-11,13-15H2/t18-/m0/s1. The maximum absolute atomic E-state index is 6.00. The van der Waals surface area contributed by atoms with E-state index in [2.05, 4.69) is 44.1 Å². The van der Waals surface area contributed by atoms with Crippen molar-refractivity contribution in [2.24, 2.45) is 5.41 Å². The summed E-state index contributed by atoms with van der Waals surface area (Å²) in [6.45, 7) is 8.57. The maximum Gasteiger partial charge on any atom is 0.0593 e. The first-order valence-electron chi connectivity index (χ1n) is 8.37. The van der Waals surface area contributed by atoms with Gasteiger partial charge in [-0.05, 0) is 46.8 Å². The Morgan fingerprint density at radius 3 is 2.78 bits per heavy atom. The topological polar surface area (TPSA) is 15.7 Å². The average molecular weight is 349 g/mol. The third-order valence-corrected chi connectivity index (χ3v) is 6.58. The summed E-state index contributed by atoms with van der Waals surface area (Å²) < 4.78 is 6.00. The van der Waals surface area contributed by atoms with Crippen molar-refractivity contribution in [2.45, 2.75) is 19.5 Å². The fourth-order valence-electron chi connectivity index (χ4n) is 3.89. The number of hydrogen-bond donors (Lipinski definition) is 0. The lowest BCUT2D eigenvalue weighted by atomic mass is 9.87. The van der Waals surface area contributed by atoms with Gasteiger partial charge in [0.25, 0.3) is 0 Å². The van der Waals surface area contributed by atoms with E-state index >= 15 is 0 Å². The van der Waals surface area contributed by atoms with Crippen molar-refractivity contribution in [3.63, 3.8) is 0 Å². The third kappa shape index (κ3) is 3.86. The summed E-state index contributed by atoms with van der Waals surface area (Å²) in [5.41, 5.74) is 1.77. The number of thiophene rings is 2. The summed E-state index contributed by atoms with van der Waals surface area (Å²) in [5, 5.41) is 6.63. The molecule has 0 radical (unpaired) electrons. The molecule has 0 saturated carbocycles. The Bertz CT molecular complexity index is 599. The van der Waals surface area contributed by atoms with Gasteiger partial charge in [0.15, 0.2) is 0 Å². The molecule has 4 rings (SSSR count). The van der Waals surface area contributed by atoms with Crippen LogP contribution in [-0.2, 0) is 17.8 Å². The van der Waals surface area contributed by atoms with E-state index in [9.17, 15) is 0 Å². The molecule has 0 bridgehead atoms. The Hall–Kier alpha value is -0.720. The van der Waals surface area contributed by atoms with Crippen LogP contribution in [0.5, 0.6) is 0 Å². The molecular formula is C18H24N2OS2. The van der Waals surface area contributed by atoms with Crippen LogP contribution in [0.15, 0.2) is 34.3 Å². The largest absolute Gasteiger partial charge is 0.379 e. The van der Waals surface area contributed by atoms with E-state index in [1.165, 1.54) is 36.5 Å². The Balaban J connectivity index is 1.40. The fraction of sp³-hybridized carbons (Fsp3) is 0.556. The fourth-order valence-corrected chi connectivity index (χ4v) is 5.30. The molecule has 4 heterocycles. The molecule has 2 aliphatic rings. The Kier molecular flexibility index (Phi) is 4.83. The smallest absolute Gasteiger partial charge is 0.0593 e. The number of ether oxygens (including phenoxy) is 1. The Morgan fingerprint density at radius 2 is 2.00 bits per heavy atom. The summed E-state index contributed by atoms with van der Waals surface area (Å²) >= 11 is 3.66. The van der Waals surface area contributed by atoms with Crippen LogP contribution in [0, 0.1) is 5.41 Å². The molecule has 0 amide bonds. The molecule has 0 aromatic carbocycles. The summed E-state index contributed by atoms with van der Waals surface area (Å²) in [4.78, 5) is 6.69.